The molecule has 1 aromatic heterocycles. The molecule has 3 rings (SSSR count). The first-order valence-corrected chi connectivity index (χ1v) is 15.6. The van der Waals surface area contributed by atoms with Gasteiger partial charge in [-0.1, -0.05) is 83.8 Å². The molecule has 0 saturated carbocycles. The first-order chi connectivity index (χ1) is 20.1. The molecule has 0 bridgehead atoms. The maximum atomic E-state index is 11.9. The SMILES string of the molecule is CCCCCCCCCCOc1ccc(-c2cnc(-c3ccc(OCC(C)OC(=O)CCCCC)cc3)nc2)cc1. The third-order valence-corrected chi connectivity index (χ3v) is 7.02. The Morgan fingerprint density at radius 3 is 1.83 bits per heavy atom. The number of carbonyl (C=O) groups excluding carboxylic acids is 1. The number of hydrogen-bond acceptors (Lipinski definition) is 6. The Hall–Kier alpha value is -3.41. The minimum Gasteiger partial charge on any atom is -0.494 e. The summed E-state index contributed by atoms with van der Waals surface area (Å²) >= 11 is 0. The summed E-state index contributed by atoms with van der Waals surface area (Å²) in [5.74, 6) is 2.10. The van der Waals surface area contributed by atoms with Gasteiger partial charge in [-0.2, -0.15) is 0 Å². The van der Waals surface area contributed by atoms with Crippen LogP contribution in [0.1, 0.15) is 97.8 Å². The van der Waals surface area contributed by atoms with E-state index in [2.05, 4.69) is 35.9 Å². The van der Waals surface area contributed by atoms with Crippen LogP contribution in [-0.4, -0.2) is 35.3 Å². The Labute approximate surface area is 246 Å². The Bertz CT molecular complexity index is 1110. The summed E-state index contributed by atoms with van der Waals surface area (Å²) in [6.07, 6.45) is 17.2. The minimum atomic E-state index is -0.296. The van der Waals surface area contributed by atoms with E-state index >= 15 is 0 Å². The molecule has 1 atom stereocenters. The summed E-state index contributed by atoms with van der Waals surface area (Å²) in [5, 5.41) is 0. The number of benzene rings is 2. The van der Waals surface area contributed by atoms with Gasteiger partial charge >= 0.3 is 5.97 Å². The van der Waals surface area contributed by atoms with E-state index in [1.807, 2.05) is 55.7 Å². The molecule has 0 aliphatic rings. The van der Waals surface area contributed by atoms with Crippen LogP contribution < -0.4 is 9.47 Å². The van der Waals surface area contributed by atoms with Crippen molar-refractivity contribution >= 4 is 5.97 Å². The van der Waals surface area contributed by atoms with E-state index in [-0.39, 0.29) is 12.1 Å². The maximum Gasteiger partial charge on any atom is 0.306 e. The molecule has 6 nitrogen and oxygen atoms in total. The van der Waals surface area contributed by atoms with E-state index in [1.54, 1.807) is 0 Å². The van der Waals surface area contributed by atoms with Crippen molar-refractivity contribution in [3.05, 3.63) is 60.9 Å². The Morgan fingerprint density at radius 1 is 0.659 bits per heavy atom. The van der Waals surface area contributed by atoms with E-state index in [9.17, 15) is 4.79 Å². The molecule has 41 heavy (non-hydrogen) atoms. The van der Waals surface area contributed by atoms with Gasteiger partial charge in [0.2, 0.25) is 0 Å². The molecule has 0 fully saturated rings. The fourth-order valence-electron chi connectivity index (χ4n) is 4.55. The van der Waals surface area contributed by atoms with Crippen LogP contribution in [0.3, 0.4) is 0 Å². The predicted octanol–water partition coefficient (Wildman–Crippen LogP) is 9.22. The van der Waals surface area contributed by atoms with Crippen molar-refractivity contribution in [2.75, 3.05) is 13.2 Å². The van der Waals surface area contributed by atoms with Crippen LogP contribution in [0.25, 0.3) is 22.5 Å². The molecule has 0 aliphatic carbocycles. The molecule has 0 N–H and O–H groups in total. The number of unbranched alkanes of at least 4 members (excludes halogenated alkanes) is 9. The van der Waals surface area contributed by atoms with Crippen LogP contribution in [0.5, 0.6) is 11.5 Å². The van der Waals surface area contributed by atoms with Crippen LogP contribution in [-0.2, 0) is 9.53 Å². The summed E-state index contributed by atoms with van der Waals surface area (Å²) in [5.41, 5.74) is 2.92. The third-order valence-electron chi connectivity index (χ3n) is 7.02. The van der Waals surface area contributed by atoms with Gasteiger partial charge in [0.1, 0.15) is 24.2 Å². The normalized spacial score (nSPS) is 11.7. The molecule has 0 radical (unpaired) electrons. The average Bonchev–Trinajstić information content (AvgIpc) is 3.00. The smallest absolute Gasteiger partial charge is 0.306 e. The average molecular weight is 561 g/mol. The molecule has 6 heteroatoms. The fourth-order valence-corrected chi connectivity index (χ4v) is 4.55. The van der Waals surface area contributed by atoms with Crippen LogP contribution in [0.2, 0.25) is 0 Å². The number of esters is 1. The number of rotatable bonds is 20. The zero-order valence-corrected chi connectivity index (χ0v) is 25.3. The molecule has 0 aliphatic heterocycles. The Kier molecular flexibility index (Phi) is 14.8. The van der Waals surface area contributed by atoms with Crippen molar-refractivity contribution in [2.45, 2.75) is 104 Å². The van der Waals surface area contributed by atoms with Gasteiger partial charge in [-0.25, -0.2) is 9.97 Å². The Morgan fingerprint density at radius 2 is 1.20 bits per heavy atom. The topological polar surface area (TPSA) is 70.5 Å². The molecule has 0 saturated heterocycles. The van der Waals surface area contributed by atoms with Gasteiger partial charge in [0, 0.05) is 29.9 Å². The number of ether oxygens (including phenoxy) is 3. The zero-order valence-electron chi connectivity index (χ0n) is 25.3. The summed E-state index contributed by atoms with van der Waals surface area (Å²) in [4.78, 5) is 21.0. The minimum absolute atomic E-state index is 0.163. The molecule has 3 aromatic rings. The van der Waals surface area contributed by atoms with Gasteiger partial charge < -0.3 is 14.2 Å². The molecule has 0 spiro atoms. The lowest BCUT2D eigenvalue weighted by Crippen LogP contribution is -2.21. The molecule has 1 unspecified atom stereocenters. The van der Waals surface area contributed by atoms with Gasteiger partial charge in [-0.05, 0) is 61.7 Å². The molecular weight excluding hydrogens is 512 g/mol. The van der Waals surface area contributed by atoms with Gasteiger partial charge in [0.25, 0.3) is 0 Å². The summed E-state index contributed by atoms with van der Waals surface area (Å²) < 4.78 is 17.1. The second-order valence-electron chi connectivity index (χ2n) is 10.7. The quantitative estimate of drug-likeness (QED) is 0.101. The summed E-state index contributed by atoms with van der Waals surface area (Å²) in [6.45, 7) is 7.30. The van der Waals surface area contributed by atoms with E-state index in [4.69, 9.17) is 14.2 Å². The van der Waals surface area contributed by atoms with Crippen molar-refractivity contribution in [1.29, 1.82) is 0 Å². The van der Waals surface area contributed by atoms with Crippen molar-refractivity contribution in [2.24, 2.45) is 0 Å². The van der Waals surface area contributed by atoms with Crippen molar-refractivity contribution in [1.82, 2.24) is 9.97 Å². The highest BCUT2D eigenvalue weighted by Crippen LogP contribution is 2.24. The maximum absolute atomic E-state index is 11.9. The van der Waals surface area contributed by atoms with Crippen LogP contribution in [0.15, 0.2) is 60.9 Å². The first kappa shape index (κ1) is 32.1. The van der Waals surface area contributed by atoms with Crippen molar-refractivity contribution < 1.29 is 19.0 Å². The Balaban J connectivity index is 1.39. The lowest BCUT2D eigenvalue weighted by atomic mass is 10.1. The highest BCUT2D eigenvalue weighted by atomic mass is 16.6. The lowest BCUT2D eigenvalue weighted by molar-refractivity contribution is -0.149. The van der Waals surface area contributed by atoms with E-state index in [0.29, 0.717) is 24.6 Å². The number of carbonyl (C=O) groups is 1. The summed E-state index contributed by atoms with van der Waals surface area (Å²) in [7, 11) is 0. The molecule has 222 valence electrons. The second-order valence-corrected chi connectivity index (χ2v) is 10.7. The molecule has 0 amide bonds. The van der Waals surface area contributed by atoms with Gasteiger partial charge in [-0.3, -0.25) is 4.79 Å². The van der Waals surface area contributed by atoms with Crippen LogP contribution >= 0.6 is 0 Å². The van der Waals surface area contributed by atoms with Gasteiger partial charge in [0.15, 0.2) is 5.82 Å². The highest BCUT2D eigenvalue weighted by molar-refractivity contribution is 5.69. The molecule has 2 aromatic carbocycles. The van der Waals surface area contributed by atoms with Crippen LogP contribution in [0, 0.1) is 0 Å². The second kappa shape index (κ2) is 18.8. The third kappa shape index (κ3) is 12.3. The number of aromatic nitrogens is 2. The highest BCUT2D eigenvalue weighted by Gasteiger charge is 2.11. The largest absolute Gasteiger partial charge is 0.494 e. The molecular formula is C35H48N2O4. The first-order valence-electron chi connectivity index (χ1n) is 15.6. The monoisotopic (exact) mass is 560 g/mol. The number of nitrogens with zero attached hydrogens (tertiary/aromatic N) is 2. The fraction of sp³-hybridized carbons (Fsp3) is 0.514. The van der Waals surface area contributed by atoms with Crippen molar-refractivity contribution in [3.63, 3.8) is 0 Å². The number of hydrogen-bond donors (Lipinski definition) is 0. The van der Waals surface area contributed by atoms with Gasteiger partial charge in [0.05, 0.1) is 6.61 Å². The zero-order chi connectivity index (χ0) is 29.1. The predicted molar refractivity (Wildman–Crippen MR) is 166 cm³/mol. The molecule has 1 heterocycles. The van der Waals surface area contributed by atoms with Crippen LogP contribution in [0.4, 0.5) is 0 Å². The van der Waals surface area contributed by atoms with E-state index < -0.39 is 0 Å². The van der Waals surface area contributed by atoms with Gasteiger partial charge in [-0.15, -0.1) is 0 Å². The summed E-state index contributed by atoms with van der Waals surface area (Å²) in [6, 6.07) is 15.8. The lowest BCUT2D eigenvalue weighted by Gasteiger charge is -2.14. The van der Waals surface area contributed by atoms with Crippen molar-refractivity contribution in [3.8, 4) is 34.0 Å². The standard InChI is InChI=1S/C35H48N2O4/c1-4-6-8-9-10-11-12-14-24-39-32-20-16-29(17-21-32)31-25-36-35(37-26-31)30-18-22-33(23-19-30)40-27-28(3)41-34(38)15-13-7-5-2/h16-23,25-26,28H,4-15,24,27H2,1-3H3. The van der Waals surface area contributed by atoms with E-state index in [0.717, 1.165) is 54.7 Å². The van der Waals surface area contributed by atoms with E-state index in [1.165, 1.54) is 44.9 Å².